The second-order valence-corrected chi connectivity index (χ2v) is 6.54. The molecule has 2 aromatic carbocycles. The van der Waals surface area contributed by atoms with Crippen LogP contribution in [0.15, 0.2) is 52.9 Å². The van der Waals surface area contributed by atoms with E-state index in [0.29, 0.717) is 13.2 Å². The minimum absolute atomic E-state index is 0. The molecule has 1 aliphatic heterocycles. The molecule has 0 radical (unpaired) electrons. The number of aromatic nitrogens is 1. The Bertz CT molecular complexity index is 909. The van der Waals surface area contributed by atoms with Gasteiger partial charge in [-0.3, -0.25) is 5.43 Å². The fourth-order valence-corrected chi connectivity index (χ4v) is 3.14. The summed E-state index contributed by atoms with van der Waals surface area (Å²) in [4.78, 5) is 4.57. The summed E-state index contributed by atoms with van der Waals surface area (Å²) in [6.07, 6.45) is 1.78. The lowest BCUT2D eigenvalue weighted by Crippen LogP contribution is -2.15. The molecular formula is C19H18BrN3O2S. The maximum Gasteiger partial charge on any atom is 0.203 e. The normalized spacial score (nSPS) is 12.7. The van der Waals surface area contributed by atoms with E-state index in [0.717, 1.165) is 33.5 Å². The maximum atomic E-state index is 5.63. The van der Waals surface area contributed by atoms with Crippen molar-refractivity contribution in [3.8, 4) is 22.8 Å². The van der Waals surface area contributed by atoms with Gasteiger partial charge in [0.25, 0.3) is 0 Å². The number of nitrogens with one attached hydrogen (secondary N) is 1. The predicted octanol–water partition coefficient (Wildman–Crippen LogP) is 4.91. The molecule has 5 nitrogen and oxygen atoms in total. The van der Waals surface area contributed by atoms with E-state index in [-0.39, 0.29) is 17.0 Å². The van der Waals surface area contributed by atoms with Gasteiger partial charge in [0.2, 0.25) is 5.13 Å². The molecule has 1 aliphatic rings. The lowest BCUT2D eigenvalue weighted by Gasteiger charge is -2.18. The van der Waals surface area contributed by atoms with Crippen molar-refractivity contribution in [3.05, 3.63) is 59.0 Å². The number of aryl methyl sites for hydroxylation is 1. The Labute approximate surface area is 166 Å². The standard InChI is InChI=1S/C19H17N3O2S.BrH/c1-13-2-4-14(5-3-13)11-20-22-19-21-16(12-25-19)15-6-7-17-18(10-15)24-9-8-23-17;/h2-7,10-12H,8-9H2,1H3,(H,21,22);1H/b20-11+;. The number of thiazole rings is 1. The summed E-state index contributed by atoms with van der Waals surface area (Å²) in [5.74, 6) is 1.55. The van der Waals surface area contributed by atoms with Gasteiger partial charge < -0.3 is 9.47 Å². The van der Waals surface area contributed by atoms with Crippen molar-refractivity contribution in [2.75, 3.05) is 18.6 Å². The molecule has 0 unspecified atom stereocenters. The summed E-state index contributed by atoms with van der Waals surface area (Å²) in [6, 6.07) is 14.1. The van der Waals surface area contributed by atoms with Gasteiger partial charge in [0.15, 0.2) is 11.5 Å². The Morgan fingerprint density at radius 2 is 1.85 bits per heavy atom. The van der Waals surface area contributed by atoms with Crippen LogP contribution in [-0.2, 0) is 0 Å². The van der Waals surface area contributed by atoms with E-state index in [4.69, 9.17) is 9.47 Å². The summed E-state index contributed by atoms with van der Waals surface area (Å²) in [7, 11) is 0. The summed E-state index contributed by atoms with van der Waals surface area (Å²) in [5.41, 5.74) is 7.14. The number of nitrogens with zero attached hydrogens (tertiary/aromatic N) is 2. The molecule has 134 valence electrons. The van der Waals surface area contributed by atoms with Crippen molar-refractivity contribution >= 4 is 39.7 Å². The highest BCUT2D eigenvalue weighted by molar-refractivity contribution is 8.93. The second-order valence-electron chi connectivity index (χ2n) is 5.68. The van der Waals surface area contributed by atoms with Crippen LogP contribution in [0.3, 0.4) is 0 Å². The largest absolute Gasteiger partial charge is 0.486 e. The SMILES string of the molecule is Br.Cc1ccc(/C=N/Nc2nc(-c3ccc4c(c3)OCCO4)cs2)cc1. The van der Waals surface area contributed by atoms with Gasteiger partial charge in [0, 0.05) is 10.9 Å². The molecule has 0 amide bonds. The summed E-state index contributed by atoms with van der Waals surface area (Å²) in [6.45, 7) is 3.23. The van der Waals surface area contributed by atoms with Crippen molar-refractivity contribution in [2.24, 2.45) is 5.10 Å². The fourth-order valence-electron chi connectivity index (χ4n) is 2.47. The van der Waals surface area contributed by atoms with E-state index in [1.807, 2.05) is 35.7 Å². The minimum Gasteiger partial charge on any atom is -0.486 e. The molecule has 0 saturated carbocycles. The number of rotatable bonds is 4. The van der Waals surface area contributed by atoms with Gasteiger partial charge in [-0.15, -0.1) is 28.3 Å². The van der Waals surface area contributed by atoms with Crippen LogP contribution in [0.2, 0.25) is 0 Å². The monoisotopic (exact) mass is 431 g/mol. The molecule has 0 saturated heterocycles. The van der Waals surface area contributed by atoms with Gasteiger partial charge >= 0.3 is 0 Å². The fraction of sp³-hybridized carbons (Fsp3) is 0.158. The summed E-state index contributed by atoms with van der Waals surface area (Å²) < 4.78 is 11.2. The lowest BCUT2D eigenvalue weighted by atomic mass is 10.1. The van der Waals surface area contributed by atoms with Crippen LogP contribution in [0.25, 0.3) is 11.3 Å². The average Bonchev–Trinajstić information content (AvgIpc) is 3.12. The molecule has 0 bridgehead atoms. The number of hydrazone groups is 1. The molecule has 26 heavy (non-hydrogen) atoms. The minimum atomic E-state index is 0. The lowest BCUT2D eigenvalue weighted by molar-refractivity contribution is 0.171. The molecule has 1 aromatic heterocycles. The highest BCUT2D eigenvalue weighted by atomic mass is 79.9. The first kappa shape index (κ1) is 18.4. The first-order chi connectivity index (χ1) is 12.3. The van der Waals surface area contributed by atoms with Gasteiger partial charge in [-0.2, -0.15) is 5.10 Å². The molecule has 7 heteroatoms. The smallest absolute Gasteiger partial charge is 0.203 e. The molecule has 1 N–H and O–H groups in total. The molecule has 0 spiro atoms. The Kier molecular flexibility index (Phi) is 5.90. The second kappa shape index (κ2) is 8.33. The third-order valence-electron chi connectivity index (χ3n) is 3.79. The van der Waals surface area contributed by atoms with Crippen molar-refractivity contribution < 1.29 is 9.47 Å². The number of benzene rings is 2. The van der Waals surface area contributed by atoms with Crippen molar-refractivity contribution in [1.29, 1.82) is 0 Å². The Morgan fingerprint density at radius 1 is 1.08 bits per heavy atom. The van der Waals surface area contributed by atoms with Crippen molar-refractivity contribution in [1.82, 2.24) is 4.98 Å². The van der Waals surface area contributed by atoms with Crippen LogP contribution >= 0.6 is 28.3 Å². The summed E-state index contributed by atoms with van der Waals surface area (Å²) >= 11 is 1.51. The van der Waals surface area contributed by atoms with E-state index < -0.39 is 0 Å². The van der Waals surface area contributed by atoms with Crippen LogP contribution < -0.4 is 14.9 Å². The van der Waals surface area contributed by atoms with E-state index in [2.05, 4.69) is 34.6 Å². The Balaban J connectivity index is 0.00000196. The van der Waals surface area contributed by atoms with E-state index in [9.17, 15) is 0 Å². The quantitative estimate of drug-likeness (QED) is 0.470. The number of fused-ring (bicyclic) bond motifs is 1. The van der Waals surface area contributed by atoms with Gasteiger partial charge in [-0.05, 0) is 30.7 Å². The van der Waals surface area contributed by atoms with Crippen LogP contribution in [0, 0.1) is 6.92 Å². The predicted molar refractivity (Wildman–Crippen MR) is 111 cm³/mol. The zero-order valence-electron chi connectivity index (χ0n) is 14.1. The molecule has 3 aromatic rings. The molecular weight excluding hydrogens is 414 g/mol. The Morgan fingerprint density at radius 3 is 2.65 bits per heavy atom. The van der Waals surface area contributed by atoms with E-state index >= 15 is 0 Å². The topological polar surface area (TPSA) is 55.7 Å². The molecule has 4 rings (SSSR count). The van der Waals surface area contributed by atoms with Crippen LogP contribution in [0.5, 0.6) is 11.5 Å². The third kappa shape index (κ3) is 4.23. The van der Waals surface area contributed by atoms with Crippen LogP contribution in [0.1, 0.15) is 11.1 Å². The van der Waals surface area contributed by atoms with Crippen molar-refractivity contribution in [3.63, 3.8) is 0 Å². The van der Waals surface area contributed by atoms with Gasteiger partial charge in [-0.25, -0.2) is 4.98 Å². The van der Waals surface area contributed by atoms with Crippen LogP contribution in [-0.4, -0.2) is 24.4 Å². The summed E-state index contributed by atoms with van der Waals surface area (Å²) in [5, 5.41) is 6.99. The molecule has 0 aliphatic carbocycles. The number of anilines is 1. The molecule has 0 fully saturated rings. The zero-order valence-corrected chi connectivity index (χ0v) is 16.7. The molecule has 0 atom stereocenters. The highest BCUT2D eigenvalue weighted by Crippen LogP contribution is 2.35. The van der Waals surface area contributed by atoms with Crippen LogP contribution in [0.4, 0.5) is 5.13 Å². The highest BCUT2D eigenvalue weighted by Gasteiger charge is 2.13. The zero-order chi connectivity index (χ0) is 17.1. The van der Waals surface area contributed by atoms with Gasteiger partial charge in [0.1, 0.15) is 13.2 Å². The first-order valence-electron chi connectivity index (χ1n) is 7.99. The number of halogens is 1. The van der Waals surface area contributed by atoms with Crippen molar-refractivity contribution in [2.45, 2.75) is 6.92 Å². The average molecular weight is 432 g/mol. The van der Waals surface area contributed by atoms with Gasteiger partial charge in [0.05, 0.1) is 11.9 Å². The number of hydrogen-bond acceptors (Lipinski definition) is 6. The molecule has 2 heterocycles. The first-order valence-corrected chi connectivity index (χ1v) is 8.87. The van der Waals surface area contributed by atoms with Gasteiger partial charge in [-0.1, -0.05) is 29.8 Å². The Hall–Kier alpha value is -2.38. The number of hydrogen-bond donors (Lipinski definition) is 1. The third-order valence-corrected chi connectivity index (χ3v) is 4.54. The number of ether oxygens (including phenoxy) is 2. The van der Waals surface area contributed by atoms with E-state index in [1.165, 1.54) is 16.9 Å². The maximum absolute atomic E-state index is 5.63. The van der Waals surface area contributed by atoms with E-state index in [1.54, 1.807) is 6.21 Å².